The van der Waals surface area contributed by atoms with Crippen molar-refractivity contribution in [3.8, 4) is 5.75 Å². The fourth-order valence-corrected chi connectivity index (χ4v) is 3.40. The van der Waals surface area contributed by atoms with Crippen LogP contribution in [-0.2, 0) is 5.41 Å². The van der Waals surface area contributed by atoms with Gasteiger partial charge in [0.15, 0.2) is 0 Å². The second-order valence-corrected chi connectivity index (χ2v) is 5.16. The van der Waals surface area contributed by atoms with Gasteiger partial charge in [0.05, 0.1) is 7.11 Å². The molecule has 2 nitrogen and oxygen atoms in total. The highest BCUT2D eigenvalue weighted by molar-refractivity contribution is 5.35. The number of hydrogen-bond donors (Lipinski definition) is 1. The Hall–Kier alpha value is -1.02. The van der Waals surface area contributed by atoms with Gasteiger partial charge in [-0.2, -0.15) is 0 Å². The van der Waals surface area contributed by atoms with Gasteiger partial charge in [0.25, 0.3) is 0 Å². The van der Waals surface area contributed by atoms with Crippen LogP contribution in [0.15, 0.2) is 24.3 Å². The number of hydrogen-bond acceptors (Lipinski definition) is 2. The van der Waals surface area contributed by atoms with Gasteiger partial charge < -0.3 is 10.1 Å². The molecule has 0 aromatic heterocycles. The summed E-state index contributed by atoms with van der Waals surface area (Å²) in [5.74, 6) is 0.994. The maximum atomic E-state index is 5.33. The van der Waals surface area contributed by atoms with Crippen LogP contribution in [0.5, 0.6) is 5.75 Å². The predicted octanol–water partition coefficient (Wildman–Crippen LogP) is 2.48. The summed E-state index contributed by atoms with van der Waals surface area (Å²) in [6, 6.07) is 9.41. The fourth-order valence-electron chi connectivity index (χ4n) is 3.40. The van der Waals surface area contributed by atoms with Gasteiger partial charge in [-0.3, -0.25) is 0 Å². The number of methoxy groups -OCH3 is 1. The number of ether oxygens (including phenoxy) is 1. The lowest BCUT2D eigenvalue weighted by Gasteiger charge is -2.34. The average Bonchev–Trinajstić information content (AvgIpc) is 2.66. The van der Waals surface area contributed by atoms with Crippen LogP contribution in [0, 0.1) is 0 Å². The third-order valence-corrected chi connectivity index (χ3v) is 4.33. The standard InChI is InChI=1S/C14H19NO/c1-16-13-4-2-3-11(9-13)14-6-5-12(10-14)15-8-7-14/h2-4,9,12,15H,5-8,10H2,1H3. The largest absolute Gasteiger partial charge is 0.497 e. The molecule has 3 rings (SSSR count). The first-order valence-electron chi connectivity index (χ1n) is 6.20. The molecule has 2 atom stereocenters. The third kappa shape index (κ3) is 1.52. The van der Waals surface area contributed by atoms with Crippen LogP contribution >= 0.6 is 0 Å². The molecule has 2 heteroatoms. The van der Waals surface area contributed by atoms with Gasteiger partial charge >= 0.3 is 0 Å². The van der Waals surface area contributed by atoms with Crippen molar-refractivity contribution >= 4 is 0 Å². The summed E-state index contributed by atoms with van der Waals surface area (Å²) < 4.78 is 5.33. The Kier molecular flexibility index (Phi) is 2.40. The molecule has 2 aliphatic rings. The van der Waals surface area contributed by atoms with Gasteiger partial charge in [-0.1, -0.05) is 12.1 Å². The Morgan fingerprint density at radius 3 is 3.19 bits per heavy atom. The van der Waals surface area contributed by atoms with E-state index in [9.17, 15) is 0 Å². The molecule has 1 saturated heterocycles. The minimum Gasteiger partial charge on any atom is -0.497 e. The molecular weight excluding hydrogens is 198 g/mol. The highest BCUT2D eigenvalue weighted by Gasteiger charge is 2.42. The Labute approximate surface area is 97.0 Å². The lowest BCUT2D eigenvalue weighted by atomic mass is 9.74. The molecule has 1 aliphatic heterocycles. The van der Waals surface area contributed by atoms with E-state index in [2.05, 4.69) is 23.5 Å². The fraction of sp³-hybridized carbons (Fsp3) is 0.571. The van der Waals surface area contributed by atoms with E-state index in [-0.39, 0.29) is 0 Å². The highest BCUT2D eigenvalue weighted by atomic mass is 16.5. The molecule has 2 unspecified atom stereocenters. The normalized spacial score (nSPS) is 32.7. The van der Waals surface area contributed by atoms with E-state index in [1.165, 1.54) is 37.8 Å². The summed E-state index contributed by atoms with van der Waals surface area (Å²) in [5.41, 5.74) is 1.92. The summed E-state index contributed by atoms with van der Waals surface area (Å²) in [5, 5.41) is 3.60. The molecule has 1 heterocycles. The topological polar surface area (TPSA) is 21.3 Å². The first-order chi connectivity index (χ1) is 7.82. The zero-order valence-corrected chi connectivity index (χ0v) is 9.83. The van der Waals surface area contributed by atoms with Crippen LogP contribution < -0.4 is 10.1 Å². The molecule has 1 aromatic rings. The number of piperidine rings is 1. The molecule has 1 aliphatic carbocycles. The van der Waals surface area contributed by atoms with E-state index in [0.717, 1.165) is 11.8 Å². The van der Waals surface area contributed by atoms with Crippen LogP contribution in [0.2, 0.25) is 0 Å². The summed E-state index contributed by atoms with van der Waals surface area (Å²) >= 11 is 0. The van der Waals surface area contributed by atoms with Gasteiger partial charge in [0.1, 0.15) is 5.75 Å². The smallest absolute Gasteiger partial charge is 0.119 e. The second-order valence-electron chi connectivity index (χ2n) is 5.16. The van der Waals surface area contributed by atoms with Crippen LogP contribution in [0.3, 0.4) is 0 Å². The molecule has 1 N–H and O–H groups in total. The second kappa shape index (κ2) is 3.77. The maximum absolute atomic E-state index is 5.33. The number of fused-ring (bicyclic) bond motifs is 2. The van der Waals surface area contributed by atoms with Crippen molar-refractivity contribution in [3.05, 3.63) is 29.8 Å². The van der Waals surface area contributed by atoms with Crippen molar-refractivity contribution in [3.63, 3.8) is 0 Å². The SMILES string of the molecule is COc1cccc(C23CCNC(CC2)C3)c1. The zero-order valence-electron chi connectivity index (χ0n) is 9.83. The summed E-state index contributed by atoms with van der Waals surface area (Å²) in [6.45, 7) is 1.17. The van der Waals surface area contributed by atoms with Crippen molar-refractivity contribution in [1.82, 2.24) is 5.32 Å². The number of rotatable bonds is 2. The Bertz CT molecular complexity index is 386. The lowest BCUT2D eigenvalue weighted by Crippen LogP contribution is -2.39. The van der Waals surface area contributed by atoms with Gasteiger partial charge in [-0.15, -0.1) is 0 Å². The highest BCUT2D eigenvalue weighted by Crippen LogP contribution is 2.46. The van der Waals surface area contributed by atoms with Crippen molar-refractivity contribution in [2.24, 2.45) is 0 Å². The molecule has 0 spiro atoms. The van der Waals surface area contributed by atoms with Gasteiger partial charge in [0, 0.05) is 6.04 Å². The van der Waals surface area contributed by atoms with Crippen molar-refractivity contribution in [2.45, 2.75) is 37.1 Å². The summed E-state index contributed by atoms with van der Waals surface area (Å²) in [7, 11) is 1.75. The third-order valence-electron chi connectivity index (χ3n) is 4.33. The van der Waals surface area contributed by atoms with Crippen molar-refractivity contribution in [2.75, 3.05) is 13.7 Å². The minimum atomic E-state index is 0.435. The van der Waals surface area contributed by atoms with Crippen LogP contribution in [0.1, 0.15) is 31.2 Å². The quantitative estimate of drug-likeness (QED) is 0.821. The van der Waals surface area contributed by atoms with E-state index < -0.39 is 0 Å². The molecule has 2 fully saturated rings. The van der Waals surface area contributed by atoms with E-state index >= 15 is 0 Å². The van der Waals surface area contributed by atoms with Crippen molar-refractivity contribution in [1.29, 1.82) is 0 Å². The summed E-state index contributed by atoms with van der Waals surface area (Å²) in [4.78, 5) is 0. The van der Waals surface area contributed by atoms with E-state index in [0.29, 0.717) is 5.41 Å². The summed E-state index contributed by atoms with van der Waals surface area (Å²) in [6.07, 6.45) is 5.24. The monoisotopic (exact) mass is 217 g/mol. The molecule has 2 bridgehead atoms. The Morgan fingerprint density at radius 2 is 2.31 bits per heavy atom. The number of benzene rings is 1. The molecule has 16 heavy (non-hydrogen) atoms. The van der Waals surface area contributed by atoms with Crippen molar-refractivity contribution < 1.29 is 4.74 Å². The maximum Gasteiger partial charge on any atom is 0.119 e. The Balaban J connectivity index is 1.95. The first-order valence-corrected chi connectivity index (χ1v) is 6.20. The lowest BCUT2D eigenvalue weighted by molar-refractivity contribution is 0.329. The minimum absolute atomic E-state index is 0.435. The molecule has 0 radical (unpaired) electrons. The predicted molar refractivity (Wildman–Crippen MR) is 64.9 cm³/mol. The molecule has 1 saturated carbocycles. The molecular formula is C14H19NO. The van der Waals surface area contributed by atoms with Gasteiger partial charge in [-0.25, -0.2) is 0 Å². The number of nitrogens with one attached hydrogen (secondary N) is 1. The van der Waals surface area contributed by atoms with E-state index in [1.54, 1.807) is 7.11 Å². The first kappa shape index (κ1) is 10.2. The van der Waals surface area contributed by atoms with Crippen LogP contribution in [0.25, 0.3) is 0 Å². The zero-order chi connectivity index (χ0) is 11.0. The van der Waals surface area contributed by atoms with E-state index in [1.807, 2.05) is 6.07 Å². The molecule has 86 valence electrons. The van der Waals surface area contributed by atoms with Crippen LogP contribution in [0.4, 0.5) is 0 Å². The molecule has 1 aromatic carbocycles. The van der Waals surface area contributed by atoms with Crippen LogP contribution in [-0.4, -0.2) is 19.7 Å². The average molecular weight is 217 g/mol. The van der Waals surface area contributed by atoms with E-state index in [4.69, 9.17) is 4.74 Å². The molecule has 0 amide bonds. The van der Waals surface area contributed by atoms with Gasteiger partial charge in [0.2, 0.25) is 0 Å². The van der Waals surface area contributed by atoms with Gasteiger partial charge in [-0.05, 0) is 55.3 Å². The Morgan fingerprint density at radius 1 is 1.38 bits per heavy atom.